The van der Waals surface area contributed by atoms with E-state index in [2.05, 4.69) is 61.3 Å². The molecule has 27 heavy (non-hydrogen) atoms. The molecule has 2 rings (SSSR count). The zero-order chi connectivity index (χ0) is 19.9. The van der Waals surface area contributed by atoms with Crippen LogP contribution in [0.4, 0.5) is 0 Å². The first-order valence-electron chi connectivity index (χ1n) is 9.66. The summed E-state index contributed by atoms with van der Waals surface area (Å²) in [7, 11) is -2.94. The van der Waals surface area contributed by atoms with E-state index >= 15 is 0 Å². The number of nitrogens with zero attached hydrogens (tertiary/aromatic N) is 2. The summed E-state index contributed by atoms with van der Waals surface area (Å²) in [6.07, 6.45) is 5.18. The van der Waals surface area contributed by atoms with Gasteiger partial charge in [0, 0.05) is 32.4 Å². The topological polar surface area (TPSA) is 61.8 Å². The number of hydrogen-bond acceptors (Lipinski definition) is 3. The molecule has 1 heterocycles. The Morgan fingerprint density at radius 1 is 1.26 bits per heavy atom. The van der Waals surface area contributed by atoms with E-state index in [4.69, 9.17) is 4.99 Å². The van der Waals surface area contributed by atoms with Gasteiger partial charge in [0.25, 0.3) is 0 Å². The summed E-state index contributed by atoms with van der Waals surface area (Å²) in [5.41, 5.74) is 2.53. The second-order valence-corrected chi connectivity index (χ2v) is 10.3. The van der Waals surface area contributed by atoms with Crippen molar-refractivity contribution >= 4 is 21.4 Å². The SMILES string of the molecule is CCNC(=NCC(C)(C)CCS(C)(=O)=O)N1CC=C(c2ccccc2)CC1. The lowest BCUT2D eigenvalue weighted by atomic mass is 9.90. The molecule has 0 radical (unpaired) electrons. The summed E-state index contributed by atoms with van der Waals surface area (Å²) in [6.45, 7) is 9.41. The maximum absolute atomic E-state index is 11.5. The molecule has 0 bridgehead atoms. The third-order valence-electron chi connectivity index (χ3n) is 4.79. The molecule has 0 aliphatic carbocycles. The Balaban J connectivity index is 2.02. The molecule has 0 unspecified atom stereocenters. The van der Waals surface area contributed by atoms with E-state index in [1.165, 1.54) is 17.4 Å². The maximum atomic E-state index is 11.5. The number of rotatable bonds is 7. The summed E-state index contributed by atoms with van der Waals surface area (Å²) in [4.78, 5) is 7.08. The second kappa shape index (κ2) is 9.40. The van der Waals surface area contributed by atoms with Gasteiger partial charge in [0.05, 0.1) is 5.75 Å². The van der Waals surface area contributed by atoms with E-state index in [9.17, 15) is 8.42 Å². The van der Waals surface area contributed by atoms with Crippen molar-refractivity contribution in [2.75, 3.05) is 38.2 Å². The Labute approximate surface area is 164 Å². The summed E-state index contributed by atoms with van der Waals surface area (Å²) >= 11 is 0. The average molecular weight is 392 g/mol. The van der Waals surface area contributed by atoms with Crippen LogP contribution < -0.4 is 5.32 Å². The van der Waals surface area contributed by atoms with Crippen molar-refractivity contribution in [3.8, 4) is 0 Å². The molecule has 0 fully saturated rings. The van der Waals surface area contributed by atoms with Gasteiger partial charge in [-0.25, -0.2) is 8.42 Å². The predicted molar refractivity (Wildman–Crippen MR) is 115 cm³/mol. The minimum atomic E-state index is -2.94. The summed E-state index contributed by atoms with van der Waals surface area (Å²) in [5.74, 6) is 1.12. The highest BCUT2D eigenvalue weighted by atomic mass is 32.2. The fourth-order valence-electron chi connectivity index (χ4n) is 3.03. The Morgan fingerprint density at radius 3 is 2.52 bits per heavy atom. The van der Waals surface area contributed by atoms with Crippen molar-refractivity contribution in [2.45, 2.75) is 33.6 Å². The molecule has 0 aromatic heterocycles. The fourth-order valence-corrected chi connectivity index (χ4v) is 3.95. The van der Waals surface area contributed by atoms with E-state index in [0.29, 0.717) is 13.0 Å². The van der Waals surface area contributed by atoms with Gasteiger partial charge in [0.15, 0.2) is 5.96 Å². The lowest BCUT2D eigenvalue weighted by Crippen LogP contribution is -2.44. The zero-order valence-corrected chi connectivity index (χ0v) is 17.8. The van der Waals surface area contributed by atoms with Gasteiger partial charge >= 0.3 is 0 Å². The highest BCUT2D eigenvalue weighted by molar-refractivity contribution is 7.90. The first-order valence-corrected chi connectivity index (χ1v) is 11.7. The average Bonchev–Trinajstić information content (AvgIpc) is 2.64. The van der Waals surface area contributed by atoms with Crippen molar-refractivity contribution in [1.29, 1.82) is 0 Å². The molecule has 1 aliphatic heterocycles. The lowest BCUT2D eigenvalue weighted by Gasteiger charge is -2.31. The van der Waals surface area contributed by atoms with Gasteiger partial charge in [0.1, 0.15) is 9.84 Å². The summed E-state index contributed by atoms with van der Waals surface area (Å²) in [5, 5.41) is 3.38. The summed E-state index contributed by atoms with van der Waals surface area (Å²) < 4.78 is 22.9. The van der Waals surface area contributed by atoms with Crippen molar-refractivity contribution in [1.82, 2.24) is 10.2 Å². The van der Waals surface area contributed by atoms with Crippen molar-refractivity contribution in [3.05, 3.63) is 42.0 Å². The van der Waals surface area contributed by atoms with Crippen LogP contribution in [-0.2, 0) is 9.84 Å². The van der Waals surface area contributed by atoms with Gasteiger partial charge in [0.2, 0.25) is 0 Å². The van der Waals surface area contributed by atoms with Gasteiger partial charge in [-0.3, -0.25) is 4.99 Å². The predicted octanol–water partition coefficient (Wildman–Crippen LogP) is 3.20. The molecule has 150 valence electrons. The van der Waals surface area contributed by atoms with Gasteiger partial charge in [-0.05, 0) is 36.3 Å². The molecule has 1 aromatic carbocycles. The number of hydrogen-bond donors (Lipinski definition) is 1. The smallest absolute Gasteiger partial charge is 0.194 e. The quantitative estimate of drug-likeness (QED) is 0.573. The molecule has 0 atom stereocenters. The van der Waals surface area contributed by atoms with Gasteiger partial charge in [-0.2, -0.15) is 0 Å². The van der Waals surface area contributed by atoms with Crippen LogP contribution in [0.2, 0.25) is 0 Å². The van der Waals surface area contributed by atoms with Crippen LogP contribution in [0.5, 0.6) is 0 Å². The van der Waals surface area contributed by atoms with Crippen molar-refractivity contribution in [2.24, 2.45) is 10.4 Å². The molecular weight excluding hydrogens is 358 g/mol. The van der Waals surface area contributed by atoms with Crippen LogP contribution in [0.3, 0.4) is 0 Å². The molecule has 0 amide bonds. The van der Waals surface area contributed by atoms with Crippen LogP contribution in [0.15, 0.2) is 41.4 Å². The minimum Gasteiger partial charge on any atom is -0.357 e. The second-order valence-electron chi connectivity index (χ2n) is 8.01. The molecule has 0 saturated carbocycles. The van der Waals surface area contributed by atoms with Crippen molar-refractivity contribution in [3.63, 3.8) is 0 Å². The minimum absolute atomic E-state index is 0.148. The third kappa shape index (κ3) is 7.37. The highest BCUT2D eigenvalue weighted by Crippen LogP contribution is 2.24. The number of aliphatic imine (C=N–C) groups is 1. The first kappa shape index (κ1) is 21.5. The van der Waals surface area contributed by atoms with E-state index in [1.54, 1.807) is 0 Å². The van der Waals surface area contributed by atoms with Crippen molar-refractivity contribution < 1.29 is 8.42 Å². The van der Waals surface area contributed by atoms with Gasteiger partial charge in [-0.1, -0.05) is 50.3 Å². The molecule has 1 aromatic rings. The number of guanidine groups is 1. The Bertz CT molecular complexity index is 768. The zero-order valence-electron chi connectivity index (χ0n) is 17.0. The van der Waals surface area contributed by atoms with Crippen LogP contribution in [0, 0.1) is 5.41 Å². The number of benzene rings is 1. The standard InChI is InChI=1S/C21H33N3O2S/c1-5-22-20(23-17-21(2,3)13-16-27(4,25)26)24-14-11-19(12-15-24)18-9-7-6-8-10-18/h6-11H,5,12-17H2,1-4H3,(H,22,23). The fraction of sp³-hybridized carbons (Fsp3) is 0.571. The lowest BCUT2D eigenvalue weighted by molar-refractivity contribution is 0.359. The summed E-state index contributed by atoms with van der Waals surface area (Å²) in [6, 6.07) is 10.5. The molecule has 0 saturated heterocycles. The number of nitrogens with one attached hydrogen (secondary N) is 1. The van der Waals surface area contributed by atoms with Crippen LogP contribution in [0.1, 0.15) is 39.2 Å². The largest absolute Gasteiger partial charge is 0.357 e. The van der Waals surface area contributed by atoms with Crippen LogP contribution in [0.25, 0.3) is 5.57 Å². The molecule has 0 spiro atoms. The Kier molecular flexibility index (Phi) is 7.48. The van der Waals surface area contributed by atoms with Crippen LogP contribution >= 0.6 is 0 Å². The van der Waals surface area contributed by atoms with Gasteiger partial charge < -0.3 is 10.2 Å². The molecule has 6 heteroatoms. The number of sulfone groups is 1. The van der Waals surface area contributed by atoms with Gasteiger partial charge in [-0.15, -0.1) is 0 Å². The van der Waals surface area contributed by atoms with E-state index in [-0.39, 0.29) is 11.2 Å². The monoisotopic (exact) mass is 391 g/mol. The van der Waals surface area contributed by atoms with E-state index in [0.717, 1.165) is 32.0 Å². The Hall–Kier alpha value is -1.82. The maximum Gasteiger partial charge on any atom is 0.194 e. The van der Waals surface area contributed by atoms with Crippen LogP contribution in [-0.4, -0.2) is 57.5 Å². The highest BCUT2D eigenvalue weighted by Gasteiger charge is 2.22. The molecule has 1 aliphatic rings. The first-order chi connectivity index (χ1) is 12.7. The molecule has 5 nitrogen and oxygen atoms in total. The Morgan fingerprint density at radius 2 is 1.96 bits per heavy atom. The molecular formula is C21H33N3O2S. The third-order valence-corrected chi connectivity index (χ3v) is 5.74. The van der Waals surface area contributed by atoms with E-state index in [1.807, 2.05) is 6.07 Å². The normalized spacial score (nSPS) is 16.2. The van der Waals surface area contributed by atoms with E-state index < -0.39 is 9.84 Å². The molecule has 1 N–H and O–H groups in total.